The van der Waals surface area contributed by atoms with Crippen molar-refractivity contribution in [3.05, 3.63) is 89.1 Å². The van der Waals surface area contributed by atoms with Gasteiger partial charge in [0.05, 0.1) is 35.0 Å². The molecule has 0 unspecified atom stereocenters. The average molecular weight is 428 g/mol. The molecule has 8 nitrogen and oxygen atoms in total. The first-order valence-corrected chi connectivity index (χ1v) is 10.3. The summed E-state index contributed by atoms with van der Waals surface area (Å²) in [6.07, 6.45) is 1.49. The van der Waals surface area contributed by atoms with Crippen LogP contribution in [0.15, 0.2) is 65.3 Å². The monoisotopic (exact) mass is 428 g/mol. The Hall–Kier alpha value is -4.20. The van der Waals surface area contributed by atoms with Gasteiger partial charge in [-0.2, -0.15) is 0 Å². The summed E-state index contributed by atoms with van der Waals surface area (Å²) in [6.45, 7) is 2.95. The number of imidazole rings is 1. The minimum atomic E-state index is -0.434. The predicted molar refractivity (Wildman–Crippen MR) is 116 cm³/mol. The Labute approximate surface area is 183 Å². The van der Waals surface area contributed by atoms with Crippen molar-refractivity contribution in [2.45, 2.75) is 20.0 Å². The number of fused-ring (bicyclic) bond motifs is 2. The summed E-state index contributed by atoms with van der Waals surface area (Å²) in [5, 5.41) is 2.88. The summed E-state index contributed by atoms with van der Waals surface area (Å²) in [4.78, 5) is 43.7. The van der Waals surface area contributed by atoms with E-state index in [-0.39, 0.29) is 18.0 Å². The van der Waals surface area contributed by atoms with Crippen molar-refractivity contribution < 1.29 is 18.8 Å². The molecule has 1 aliphatic heterocycles. The molecule has 0 bridgehead atoms. The molecule has 32 heavy (non-hydrogen) atoms. The van der Waals surface area contributed by atoms with Crippen LogP contribution in [0.4, 0.5) is 0 Å². The quantitative estimate of drug-likeness (QED) is 0.476. The number of benzene rings is 2. The highest BCUT2D eigenvalue weighted by Gasteiger charge is 2.36. The topological polar surface area (TPSA) is 97.4 Å². The third-order valence-corrected chi connectivity index (χ3v) is 5.59. The Bertz CT molecular complexity index is 1350. The molecule has 0 fully saturated rings. The van der Waals surface area contributed by atoms with E-state index >= 15 is 0 Å². The van der Waals surface area contributed by atoms with Crippen molar-refractivity contribution in [1.82, 2.24) is 19.8 Å². The van der Waals surface area contributed by atoms with Crippen molar-refractivity contribution in [1.29, 1.82) is 0 Å². The van der Waals surface area contributed by atoms with Crippen molar-refractivity contribution in [3.8, 4) is 0 Å². The van der Waals surface area contributed by atoms with Gasteiger partial charge in [-0.3, -0.25) is 19.3 Å². The molecule has 5 rings (SSSR count). The first-order valence-electron chi connectivity index (χ1n) is 10.3. The SMILES string of the molecule is Cc1nc2ccccc2n1CCNC(=O)c1ccc2c(c1)C(=O)N(Cc1ccco1)C2=O. The maximum atomic E-state index is 12.8. The molecule has 0 saturated heterocycles. The number of nitrogens with one attached hydrogen (secondary N) is 1. The third-order valence-electron chi connectivity index (χ3n) is 5.59. The molecule has 3 heterocycles. The molecule has 2 aromatic heterocycles. The molecule has 0 spiro atoms. The van der Waals surface area contributed by atoms with Gasteiger partial charge in [0.2, 0.25) is 0 Å². The fourth-order valence-electron chi connectivity index (χ4n) is 4.00. The van der Waals surface area contributed by atoms with Crippen LogP contribution >= 0.6 is 0 Å². The van der Waals surface area contributed by atoms with Crippen molar-refractivity contribution >= 4 is 28.8 Å². The van der Waals surface area contributed by atoms with Crippen LogP contribution in [-0.2, 0) is 13.1 Å². The number of para-hydroxylation sites is 2. The zero-order chi connectivity index (χ0) is 22.2. The molecule has 0 aliphatic carbocycles. The lowest BCUT2D eigenvalue weighted by atomic mass is 10.1. The number of carbonyl (C=O) groups excluding carboxylic acids is 3. The van der Waals surface area contributed by atoms with Gasteiger partial charge in [-0.15, -0.1) is 0 Å². The smallest absolute Gasteiger partial charge is 0.261 e. The lowest BCUT2D eigenvalue weighted by molar-refractivity contribution is 0.0631. The normalized spacial score (nSPS) is 13.1. The Morgan fingerprint density at radius 3 is 2.66 bits per heavy atom. The van der Waals surface area contributed by atoms with Gasteiger partial charge in [-0.1, -0.05) is 12.1 Å². The van der Waals surface area contributed by atoms with E-state index in [1.165, 1.54) is 18.4 Å². The number of imide groups is 1. The van der Waals surface area contributed by atoms with Gasteiger partial charge in [0.25, 0.3) is 17.7 Å². The molecule has 0 saturated carbocycles. The number of hydrogen-bond acceptors (Lipinski definition) is 5. The summed E-state index contributed by atoms with van der Waals surface area (Å²) in [5.74, 6) is 0.255. The van der Waals surface area contributed by atoms with Gasteiger partial charge in [0.15, 0.2) is 0 Å². The number of amides is 3. The van der Waals surface area contributed by atoms with E-state index in [1.54, 1.807) is 18.2 Å². The van der Waals surface area contributed by atoms with Gasteiger partial charge < -0.3 is 14.3 Å². The molecular formula is C24H20N4O4. The Morgan fingerprint density at radius 1 is 1.03 bits per heavy atom. The average Bonchev–Trinajstić information content (AvgIpc) is 3.48. The summed E-state index contributed by atoms with van der Waals surface area (Å²) < 4.78 is 7.29. The van der Waals surface area contributed by atoms with Gasteiger partial charge in [-0.05, 0) is 49.4 Å². The minimum Gasteiger partial charge on any atom is -0.467 e. The van der Waals surface area contributed by atoms with E-state index < -0.39 is 11.8 Å². The van der Waals surface area contributed by atoms with Crippen LogP contribution in [0.1, 0.15) is 42.7 Å². The van der Waals surface area contributed by atoms with E-state index in [0.717, 1.165) is 21.8 Å². The molecule has 1 N–H and O–H groups in total. The Morgan fingerprint density at radius 2 is 1.84 bits per heavy atom. The number of nitrogens with zero attached hydrogens (tertiary/aromatic N) is 3. The summed E-state index contributed by atoms with van der Waals surface area (Å²) >= 11 is 0. The van der Waals surface area contributed by atoms with Crippen molar-refractivity contribution in [3.63, 3.8) is 0 Å². The standard InChI is InChI=1S/C24H20N4O4/c1-15-26-20-6-2-3-7-21(20)27(15)11-10-25-22(29)16-8-9-18-19(13-16)24(31)28(23(18)30)14-17-5-4-12-32-17/h2-9,12-13H,10-11,14H2,1H3,(H,25,29). The molecule has 4 aromatic rings. The second kappa shape index (κ2) is 7.81. The van der Waals surface area contributed by atoms with Crippen molar-refractivity contribution in [2.24, 2.45) is 0 Å². The van der Waals surface area contributed by atoms with Gasteiger partial charge in [-0.25, -0.2) is 4.98 Å². The largest absolute Gasteiger partial charge is 0.467 e. The first kappa shape index (κ1) is 19.7. The van der Waals surface area contributed by atoms with Crippen molar-refractivity contribution in [2.75, 3.05) is 6.54 Å². The van der Waals surface area contributed by atoms with Crippen LogP contribution in [-0.4, -0.2) is 38.7 Å². The molecule has 3 amide bonds. The number of aryl methyl sites for hydroxylation is 1. The van der Waals surface area contributed by atoms with Gasteiger partial charge in [0.1, 0.15) is 11.6 Å². The maximum Gasteiger partial charge on any atom is 0.261 e. The third kappa shape index (κ3) is 3.35. The number of aromatic nitrogens is 2. The second-order valence-corrected chi connectivity index (χ2v) is 7.59. The van der Waals surface area contributed by atoms with Crippen LogP contribution < -0.4 is 5.32 Å². The van der Waals surface area contributed by atoms with Crippen LogP contribution in [0.2, 0.25) is 0 Å². The fourth-order valence-corrected chi connectivity index (χ4v) is 4.00. The summed E-state index contributed by atoms with van der Waals surface area (Å²) in [5.41, 5.74) is 2.77. The maximum absolute atomic E-state index is 12.8. The Kier molecular flexibility index (Phi) is 4.82. The fraction of sp³-hybridized carbons (Fsp3) is 0.167. The number of hydrogen-bond donors (Lipinski definition) is 1. The molecule has 2 aromatic carbocycles. The second-order valence-electron chi connectivity index (χ2n) is 7.59. The zero-order valence-corrected chi connectivity index (χ0v) is 17.4. The van der Waals surface area contributed by atoms with Crippen LogP contribution in [0.5, 0.6) is 0 Å². The predicted octanol–water partition coefficient (Wildman–Crippen LogP) is 3.16. The van der Waals surface area contributed by atoms with E-state index in [2.05, 4.69) is 10.3 Å². The van der Waals surface area contributed by atoms with Gasteiger partial charge >= 0.3 is 0 Å². The number of furan rings is 1. The highest BCUT2D eigenvalue weighted by atomic mass is 16.3. The van der Waals surface area contributed by atoms with Crippen LogP contribution in [0.25, 0.3) is 11.0 Å². The van der Waals surface area contributed by atoms with E-state index in [0.29, 0.717) is 30.0 Å². The van der Waals surface area contributed by atoms with E-state index in [1.807, 2.05) is 35.8 Å². The lowest BCUT2D eigenvalue weighted by Crippen LogP contribution is -2.29. The number of rotatable bonds is 6. The molecule has 8 heteroatoms. The highest BCUT2D eigenvalue weighted by molar-refractivity contribution is 6.22. The number of carbonyl (C=O) groups is 3. The highest BCUT2D eigenvalue weighted by Crippen LogP contribution is 2.26. The van der Waals surface area contributed by atoms with E-state index in [4.69, 9.17) is 4.42 Å². The van der Waals surface area contributed by atoms with E-state index in [9.17, 15) is 14.4 Å². The molecule has 0 atom stereocenters. The molecule has 160 valence electrons. The molecule has 0 radical (unpaired) electrons. The molecule has 1 aliphatic rings. The molecular weight excluding hydrogens is 408 g/mol. The Balaban J connectivity index is 1.28. The summed E-state index contributed by atoms with van der Waals surface area (Å²) in [6, 6.07) is 15.8. The minimum absolute atomic E-state index is 0.0547. The lowest BCUT2D eigenvalue weighted by Gasteiger charge is -2.11. The zero-order valence-electron chi connectivity index (χ0n) is 17.4. The van der Waals surface area contributed by atoms with Crippen LogP contribution in [0.3, 0.4) is 0 Å². The summed E-state index contributed by atoms with van der Waals surface area (Å²) in [7, 11) is 0. The van der Waals surface area contributed by atoms with Gasteiger partial charge in [0, 0.05) is 18.7 Å². The van der Waals surface area contributed by atoms with Crippen LogP contribution in [0, 0.1) is 6.92 Å². The first-order chi connectivity index (χ1) is 15.5.